The van der Waals surface area contributed by atoms with Crippen molar-refractivity contribution in [1.29, 1.82) is 0 Å². The van der Waals surface area contributed by atoms with Crippen LogP contribution < -0.4 is 11.5 Å². The van der Waals surface area contributed by atoms with E-state index in [1.807, 2.05) is 37.3 Å². The summed E-state index contributed by atoms with van der Waals surface area (Å²) >= 11 is 0. The second-order valence-corrected chi connectivity index (χ2v) is 8.18. The van der Waals surface area contributed by atoms with Crippen molar-refractivity contribution in [2.24, 2.45) is 0 Å². The normalized spacial score (nSPS) is 11.5. The molecule has 0 atom stereocenters. The molecule has 0 amide bonds. The highest BCUT2D eigenvalue weighted by atomic mass is 14.7. The number of pyridine rings is 1. The van der Waals surface area contributed by atoms with E-state index in [9.17, 15) is 0 Å². The van der Waals surface area contributed by atoms with E-state index in [2.05, 4.69) is 79.7 Å². The van der Waals surface area contributed by atoms with Gasteiger partial charge in [-0.25, -0.2) is 0 Å². The molecule has 3 aromatic carbocycles. The third-order valence-electron chi connectivity index (χ3n) is 5.60. The molecule has 3 heteroatoms. The van der Waals surface area contributed by atoms with Gasteiger partial charge in [0.05, 0.1) is 5.69 Å². The third kappa shape index (κ3) is 5.39. The molecule has 0 aliphatic carbocycles. The molecule has 0 aliphatic rings. The number of hydrogen-bond donors (Lipinski definition) is 2. The zero-order valence-electron chi connectivity index (χ0n) is 19.1. The molecule has 0 aliphatic heterocycles. The number of nitrogen functional groups attached to an aromatic ring is 2. The molecular weight excluding hydrogens is 402 g/mol. The van der Waals surface area contributed by atoms with E-state index in [4.69, 9.17) is 16.5 Å². The van der Waals surface area contributed by atoms with Crippen LogP contribution in [-0.4, -0.2) is 4.98 Å². The van der Waals surface area contributed by atoms with Crippen LogP contribution in [-0.2, 0) is 6.42 Å². The van der Waals surface area contributed by atoms with Crippen molar-refractivity contribution < 1.29 is 0 Å². The predicted molar refractivity (Wildman–Crippen MR) is 142 cm³/mol. The molecule has 4 aromatic rings. The average molecular weight is 432 g/mol. The molecule has 33 heavy (non-hydrogen) atoms. The molecule has 1 heterocycles. The van der Waals surface area contributed by atoms with E-state index >= 15 is 0 Å². The number of aryl methyl sites for hydroxylation is 1. The fraction of sp³-hybridized carbons (Fsp3) is 0.100. The Labute approximate surface area is 196 Å². The monoisotopic (exact) mass is 431 g/mol. The lowest BCUT2D eigenvalue weighted by atomic mass is 9.97. The summed E-state index contributed by atoms with van der Waals surface area (Å²) in [6, 6.07) is 26.9. The summed E-state index contributed by atoms with van der Waals surface area (Å²) in [5, 5.41) is 0. The van der Waals surface area contributed by atoms with E-state index < -0.39 is 0 Å². The van der Waals surface area contributed by atoms with Crippen molar-refractivity contribution in [1.82, 2.24) is 4.98 Å². The van der Waals surface area contributed by atoms with Gasteiger partial charge in [0.1, 0.15) is 0 Å². The van der Waals surface area contributed by atoms with Gasteiger partial charge < -0.3 is 11.5 Å². The topological polar surface area (TPSA) is 64.9 Å². The van der Waals surface area contributed by atoms with E-state index in [0.29, 0.717) is 5.69 Å². The van der Waals surface area contributed by atoms with Gasteiger partial charge in [0.15, 0.2) is 0 Å². The van der Waals surface area contributed by atoms with Crippen LogP contribution in [0.4, 0.5) is 11.4 Å². The standard InChI is InChI=1S/C30H29N3/c1-3-4-5-6-7-27-18-25(19-30(33-27)24-10-8-21(2)9-11-24)22-12-14-23(15-13-22)28-20-26(31)16-17-29(28)32/h3-6,8-20H,7,31-32H2,1-2H3/b4-3-,6-5-. The Morgan fingerprint density at radius 3 is 2.15 bits per heavy atom. The highest BCUT2D eigenvalue weighted by Crippen LogP contribution is 2.31. The minimum absolute atomic E-state index is 0.704. The van der Waals surface area contributed by atoms with Gasteiger partial charge in [-0.2, -0.15) is 0 Å². The number of nitrogens with two attached hydrogens (primary N) is 2. The molecule has 1 aromatic heterocycles. The highest BCUT2D eigenvalue weighted by molar-refractivity contribution is 5.81. The molecule has 0 unspecified atom stereocenters. The maximum atomic E-state index is 6.18. The van der Waals surface area contributed by atoms with Crippen molar-refractivity contribution in [3.05, 3.63) is 114 Å². The molecule has 4 rings (SSSR count). The van der Waals surface area contributed by atoms with Crippen LogP contribution in [0.2, 0.25) is 0 Å². The molecule has 0 radical (unpaired) electrons. The van der Waals surface area contributed by atoms with Crippen LogP contribution in [0, 0.1) is 6.92 Å². The Morgan fingerprint density at radius 2 is 1.42 bits per heavy atom. The average Bonchev–Trinajstić information content (AvgIpc) is 2.84. The first-order valence-electron chi connectivity index (χ1n) is 11.1. The van der Waals surface area contributed by atoms with Gasteiger partial charge >= 0.3 is 0 Å². The van der Waals surface area contributed by atoms with Crippen LogP contribution >= 0.6 is 0 Å². The SMILES string of the molecule is C/C=C\C=C/Cc1cc(-c2ccc(-c3cc(N)ccc3N)cc2)cc(-c2ccc(C)cc2)n1. The Hall–Kier alpha value is -4.11. The maximum absolute atomic E-state index is 6.18. The predicted octanol–water partition coefficient (Wildman–Crippen LogP) is 7.23. The van der Waals surface area contributed by atoms with Crippen LogP contribution in [0.15, 0.2) is 103 Å². The molecule has 0 saturated carbocycles. The second-order valence-electron chi connectivity index (χ2n) is 8.18. The lowest BCUT2D eigenvalue weighted by Crippen LogP contribution is -1.94. The Bertz CT molecular complexity index is 1300. The summed E-state index contributed by atoms with van der Waals surface area (Å²) in [5.74, 6) is 0. The van der Waals surface area contributed by atoms with Crippen molar-refractivity contribution in [3.8, 4) is 33.5 Å². The van der Waals surface area contributed by atoms with Gasteiger partial charge in [-0.15, -0.1) is 0 Å². The molecule has 164 valence electrons. The van der Waals surface area contributed by atoms with Crippen LogP contribution in [0.25, 0.3) is 33.5 Å². The minimum Gasteiger partial charge on any atom is -0.399 e. The lowest BCUT2D eigenvalue weighted by Gasteiger charge is -2.11. The first kappa shape index (κ1) is 22.1. The molecular formula is C30H29N3. The summed E-state index contributed by atoms with van der Waals surface area (Å²) in [5.41, 5.74) is 22.2. The number of allylic oxidation sites excluding steroid dienone is 4. The molecule has 0 spiro atoms. The van der Waals surface area contributed by atoms with Crippen molar-refractivity contribution in [2.45, 2.75) is 20.3 Å². The van der Waals surface area contributed by atoms with Gasteiger partial charge in [0, 0.05) is 34.6 Å². The first-order chi connectivity index (χ1) is 16.0. The lowest BCUT2D eigenvalue weighted by molar-refractivity contribution is 1.11. The molecule has 0 fully saturated rings. The summed E-state index contributed by atoms with van der Waals surface area (Å²) in [6.45, 7) is 4.11. The van der Waals surface area contributed by atoms with E-state index in [1.54, 1.807) is 0 Å². The summed E-state index contributed by atoms with van der Waals surface area (Å²) in [7, 11) is 0. The van der Waals surface area contributed by atoms with E-state index in [0.717, 1.165) is 51.3 Å². The zero-order chi connectivity index (χ0) is 23.2. The summed E-state index contributed by atoms with van der Waals surface area (Å²) in [4.78, 5) is 4.94. The largest absolute Gasteiger partial charge is 0.399 e. The van der Waals surface area contributed by atoms with E-state index in [-0.39, 0.29) is 0 Å². The van der Waals surface area contributed by atoms with Crippen molar-refractivity contribution in [2.75, 3.05) is 11.5 Å². The number of hydrogen-bond acceptors (Lipinski definition) is 3. The van der Waals surface area contributed by atoms with Crippen LogP contribution in [0.3, 0.4) is 0 Å². The number of aromatic nitrogens is 1. The molecule has 0 bridgehead atoms. The quantitative estimate of drug-likeness (QED) is 0.250. The van der Waals surface area contributed by atoms with Gasteiger partial charge in [-0.3, -0.25) is 4.98 Å². The first-order valence-corrected chi connectivity index (χ1v) is 11.1. The van der Waals surface area contributed by atoms with Gasteiger partial charge in [0.2, 0.25) is 0 Å². The maximum Gasteiger partial charge on any atom is 0.0711 e. The number of nitrogens with zero attached hydrogens (tertiary/aromatic N) is 1. The van der Waals surface area contributed by atoms with Gasteiger partial charge in [0.25, 0.3) is 0 Å². The minimum atomic E-state index is 0.704. The zero-order valence-corrected chi connectivity index (χ0v) is 19.1. The number of anilines is 2. The number of rotatable bonds is 6. The van der Waals surface area contributed by atoms with Gasteiger partial charge in [-0.1, -0.05) is 78.4 Å². The summed E-state index contributed by atoms with van der Waals surface area (Å²) < 4.78 is 0. The van der Waals surface area contributed by atoms with E-state index in [1.165, 1.54) is 5.56 Å². The van der Waals surface area contributed by atoms with Crippen LogP contribution in [0.1, 0.15) is 18.2 Å². The Kier molecular flexibility index (Phi) is 6.70. The number of benzene rings is 3. The fourth-order valence-electron chi connectivity index (χ4n) is 3.78. The van der Waals surface area contributed by atoms with Crippen molar-refractivity contribution >= 4 is 11.4 Å². The summed E-state index contributed by atoms with van der Waals surface area (Å²) in [6.07, 6.45) is 9.02. The van der Waals surface area contributed by atoms with Crippen LogP contribution in [0.5, 0.6) is 0 Å². The second kappa shape index (κ2) is 10.0. The smallest absolute Gasteiger partial charge is 0.0711 e. The fourth-order valence-corrected chi connectivity index (χ4v) is 3.78. The Balaban J connectivity index is 1.73. The van der Waals surface area contributed by atoms with Crippen molar-refractivity contribution in [3.63, 3.8) is 0 Å². The molecule has 0 saturated heterocycles. The Morgan fingerprint density at radius 1 is 0.727 bits per heavy atom. The molecule has 3 nitrogen and oxygen atoms in total. The highest BCUT2D eigenvalue weighted by Gasteiger charge is 2.09. The molecule has 4 N–H and O–H groups in total. The third-order valence-corrected chi connectivity index (χ3v) is 5.60. The van der Waals surface area contributed by atoms with Gasteiger partial charge in [-0.05, 0) is 60.9 Å².